The van der Waals surface area contributed by atoms with E-state index in [2.05, 4.69) is 5.32 Å². The van der Waals surface area contributed by atoms with Crippen molar-refractivity contribution in [2.45, 2.75) is 19.5 Å². The monoisotopic (exact) mass is 321 g/mol. The van der Waals surface area contributed by atoms with Crippen LogP contribution in [0.25, 0.3) is 0 Å². The predicted octanol–water partition coefficient (Wildman–Crippen LogP) is 2.42. The molecule has 2 rings (SSSR count). The Morgan fingerprint density at radius 1 is 1.27 bits per heavy atom. The molecule has 3 N–H and O–H groups in total. The molecule has 0 saturated carbocycles. The number of halogens is 2. The standard InChI is InChI=1S/C17H18ClFN2O/c1-12(14-3-2-4-15(18)9-14)20-11-17(22)21-10-13-5-7-16(19)8-6-13/h2-9,12,20H,10-11H2,1H3,(H,21,22)/p+1/t12-/m0/s1. The maximum atomic E-state index is 12.8. The average Bonchev–Trinajstić information content (AvgIpc) is 2.52. The molecular weight excluding hydrogens is 303 g/mol. The third kappa shape index (κ3) is 5.13. The Bertz CT molecular complexity index is 631. The zero-order chi connectivity index (χ0) is 15.9. The van der Waals surface area contributed by atoms with Crippen molar-refractivity contribution in [1.82, 2.24) is 5.32 Å². The molecule has 3 nitrogen and oxygen atoms in total. The highest BCUT2D eigenvalue weighted by atomic mass is 35.5. The zero-order valence-corrected chi connectivity index (χ0v) is 13.1. The fourth-order valence-corrected chi connectivity index (χ4v) is 2.28. The Labute approximate surface area is 134 Å². The molecule has 5 heteroatoms. The van der Waals surface area contributed by atoms with E-state index in [0.29, 0.717) is 18.1 Å². The van der Waals surface area contributed by atoms with Crippen LogP contribution in [0, 0.1) is 5.82 Å². The molecule has 0 unspecified atom stereocenters. The molecule has 0 aromatic heterocycles. The Morgan fingerprint density at radius 3 is 2.68 bits per heavy atom. The number of nitrogens with one attached hydrogen (secondary N) is 1. The van der Waals surface area contributed by atoms with Crippen molar-refractivity contribution >= 4 is 17.5 Å². The number of carbonyl (C=O) groups excluding carboxylic acids is 1. The molecular formula is C17H19ClFN2O+. The fourth-order valence-electron chi connectivity index (χ4n) is 2.08. The first-order valence-electron chi connectivity index (χ1n) is 7.14. The summed E-state index contributed by atoms with van der Waals surface area (Å²) in [7, 11) is 0. The fraction of sp³-hybridized carbons (Fsp3) is 0.235. The van der Waals surface area contributed by atoms with Crippen LogP contribution in [0.1, 0.15) is 24.1 Å². The molecule has 2 aromatic carbocycles. The van der Waals surface area contributed by atoms with Crippen LogP contribution in [-0.4, -0.2) is 12.5 Å². The van der Waals surface area contributed by atoms with Gasteiger partial charge in [-0.15, -0.1) is 0 Å². The number of quaternary nitrogens is 1. The molecule has 1 atom stereocenters. The largest absolute Gasteiger partial charge is 0.347 e. The van der Waals surface area contributed by atoms with Crippen LogP contribution >= 0.6 is 11.6 Å². The van der Waals surface area contributed by atoms with Gasteiger partial charge in [0, 0.05) is 17.1 Å². The molecule has 0 heterocycles. The van der Waals surface area contributed by atoms with Gasteiger partial charge in [-0.05, 0) is 36.8 Å². The molecule has 0 aliphatic heterocycles. The van der Waals surface area contributed by atoms with Crippen LogP contribution in [0.4, 0.5) is 4.39 Å². The number of nitrogens with two attached hydrogens (primary N) is 1. The van der Waals surface area contributed by atoms with Crippen LogP contribution in [0.15, 0.2) is 48.5 Å². The highest BCUT2D eigenvalue weighted by Gasteiger charge is 2.11. The molecule has 0 radical (unpaired) electrons. The second-order valence-electron chi connectivity index (χ2n) is 5.19. The summed E-state index contributed by atoms with van der Waals surface area (Å²) in [5.74, 6) is -0.336. The van der Waals surface area contributed by atoms with Crippen LogP contribution in [0.3, 0.4) is 0 Å². The van der Waals surface area contributed by atoms with Crippen molar-refractivity contribution in [2.75, 3.05) is 6.54 Å². The highest BCUT2D eigenvalue weighted by molar-refractivity contribution is 6.30. The van der Waals surface area contributed by atoms with Crippen LogP contribution in [0.2, 0.25) is 5.02 Å². The summed E-state index contributed by atoms with van der Waals surface area (Å²) < 4.78 is 12.8. The lowest BCUT2D eigenvalue weighted by atomic mass is 10.1. The van der Waals surface area contributed by atoms with Gasteiger partial charge in [-0.3, -0.25) is 4.79 Å². The van der Waals surface area contributed by atoms with Gasteiger partial charge in [-0.25, -0.2) is 4.39 Å². The average molecular weight is 322 g/mol. The Balaban J connectivity index is 1.76. The number of carbonyl (C=O) groups is 1. The second-order valence-corrected chi connectivity index (χ2v) is 5.62. The smallest absolute Gasteiger partial charge is 0.275 e. The molecule has 0 aliphatic carbocycles. The molecule has 0 spiro atoms. The van der Waals surface area contributed by atoms with Crippen LogP contribution < -0.4 is 10.6 Å². The van der Waals surface area contributed by atoms with Gasteiger partial charge in [0.1, 0.15) is 11.9 Å². The minimum absolute atomic E-state index is 0.0572. The summed E-state index contributed by atoms with van der Waals surface area (Å²) in [4.78, 5) is 11.8. The third-order valence-corrected chi connectivity index (χ3v) is 3.67. The van der Waals surface area contributed by atoms with E-state index in [1.165, 1.54) is 12.1 Å². The zero-order valence-electron chi connectivity index (χ0n) is 12.4. The van der Waals surface area contributed by atoms with E-state index in [1.54, 1.807) is 12.1 Å². The first kappa shape index (κ1) is 16.5. The van der Waals surface area contributed by atoms with Crippen molar-refractivity contribution in [3.63, 3.8) is 0 Å². The SMILES string of the molecule is C[C@H]([NH2+]CC(=O)NCc1ccc(F)cc1)c1cccc(Cl)c1. The van der Waals surface area contributed by atoms with E-state index in [-0.39, 0.29) is 17.8 Å². The first-order valence-corrected chi connectivity index (χ1v) is 7.52. The van der Waals surface area contributed by atoms with Crippen molar-refractivity contribution in [3.8, 4) is 0 Å². The lowest BCUT2D eigenvalue weighted by Crippen LogP contribution is -2.87. The van der Waals surface area contributed by atoms with Gasteiger partial charge in [0.2, 0.25) is 0 Å². The summed E-state index contributed by atoms with van der Waals surface area (Å²) in [5.41, 5.74) is 1.96. The van der Waals surface area contributed by atoms with E-state index in [9.17, 15) is 9.18 Å². The highest BCUT2D eigenvalue weighted by Crippen LogP contribution is 2.14. The number of benzene rings is 2. The number of hydrogen-bond acceptors (Lipinski definition) is 1. The van der Waals surface area contributed by atoms with Gasteiger partial charge >= 0.3 is 0 Å². The molecule has 22 heavy (non-hydrogen) atoms. The predicted molar refractivity (Wildman–Crippen MR) is 84.9 cm³/mol. The van der Waals surface area contributed by atoms with Gasteiger partial charge < -0.3 is 10.6 Å². The van der Waals surface area contributed by atoms with Crippen molar-refractivity contribution in [1.29, 1.82) is 0 Å². The normalized spacial score (nSPS) is 12.0. The maximum Gasteiger partial charge on any atom is 0.275 e. The van der Waals surface area contributed by atoms with E-state index in [0.717, 1.165) is 11.1 Å². The topological polar surface area (TPSA) is 45.7 Å². The molecule has 0 fully saturated rings. The summed E-state index contributed by atoms with van der Waals surface area (Å²) in [6.07, 6.45) is 0. The molecule has 2 aromatic rings. The van der Waals surface area contributed by atoms with Gasteiger partial charge in [0.15, 0.2) is 6.54 Å². The minimum atomic E-state index is -0.279. The molecule has 0 bridgehead atoms. The third-order valence-electron chi connectivity index (χ3n) is 3.43. The van der Waals surface area contributed by atoms with E-state index in [4.69, 9.17) is 11.6 Å². The van der Waals surface area contributed by atoms with E-state index < -0.39 is 0 Å². The van der Waals surface area contributed by atoms with Gasteiger partial charge in [-0.1, -0.05) is 35.9 Å². The summed E-state index contributed by atoms with van der Waals surface area (Å²) in [6.45, 7) is 2.76. The first-order chi connectivity index (χ1) is 10.5. The minimum Gasteiger partial charge on any atom is -0.347 e. The van der Waals surface area contributed by atoms with Gasteiger partial charge in [0.25, 0.3) is 5.91 Å². The molecule has 116 valence electrons. The molecule has 1 amide bonds. The number of amides is 1. The summed E-state index contributed by atoms with van der Waals surface area (Å²) in [5, 5.41) is 5.46. The van der Waals surface area contributed by atoms with Gasteiger partial charge in [-0.2, -0.15) is 0 Å². The quantitative estimate of drug-likeness (QED) is 0.843. The van der Waals surface area contributed by atoms with Crippen molar-refractivity contribution < 1.29 is 14.5 Å². The molecule has 0 aliphatic rings. The van der Waals surface area contributed by atoms with E-state index in [1.807, 2.05) is 36.5 Å². The molecule has 0 saturated heterocycles. The number of hydrogen-bond donors (Lipinski definition) is 2. The Hall–Kier alpha value is -1.91. The number of rotatable bonds is 6. The second kappa shape index (κ2) is 7.92. The van der Waals surface area contributed by atoms with E-state index >= 15 is 0 Å². The van der Waals surface area contributed by atoms with Crippen molar-refractivity contribution in [2.24, 2.45) is 0 Å². The Kier molecular flexibility index (Phi) is 5.92. The Morgan fingerprint density at radius 2 is 2.00 bits per heavy atom. The summed E-state index contributed by atoms with van der Waals surface area (Å²) >= 11 is 5.96. The van der Waals surface area contributed by atoms with Gasteiger partial charge in [0.05, 0.1) is 0 Å². The van der Waals surface area contributed by atoms with Crippen LogP contribution in [0.5, 0.6) is 0 Å². The lowest BCUT2D eigenvalue weighted by molar-refractivity contribution is -0.682. The van der Waals surface area contributed by atoms with Crippen LogP contribution in [-0.2, 0) is 11.3 Å². The van der Waals surface area contributed by atoms with Crippen molar-refractivity contribution in [3.05, 3.63) is 70.5 Å². The maximum absolute atomic E-state index is 12.8. The summed E-state index contributed by atoms with van der Waals surface area (Å²) in [6, 6.07) is 13.9. The lowest BCUT2D eigenvalue weighted by Gasteiger charge is -2.11.